The van der Waals surface area contributed by atoms with Gasteiger partial charge in [-0.25, -0.2) is 9.59 Å². The van der Waals surface area contributed by atoms with Gasteiger partial charge in [-0.2, -0.15) is 0 Å². The molecule has 1 aliphatic rings. The molecule has 1 aromatic carbocycles. The Hall–Kier alpha value is -2.38. The molecule has 1 saturated heterocycles. The standard InChI is InChI=1S/C12H18N2O.C4H4O4/c1-15-12-5-3-2-4-11(12)10-14-8-6-13-7-9-14;5-3(6)1-2-4(7)8/h2-5,13H,6-10H2,1H3;1-2H,(H,5,6)(H,7,8). The number of para-hydroxylation sites is 1. The highest BCUT2D eigenvalue weighted by Crippen LogP contribution is 2.19. The van der Waals surface area contributed by atoms with Crippen molar-refractivity contribution in [3.05, 3.63) is 42.0 Å². The summed E-state index contributed by atoms with van der Waals surface area (Å²) in [5.41, 5.74) is 1.28. The average Bonchev–Trinajstić information content (AvgIpc) is 2.55. The van der Waals surface area contributed by atoms with Gasteiger partial charge in [-0.3, -0.25) is 4.90 Å². The third kappa shape index (κ3) is 7.98. The van der Waals surface area contributed by atoms with E-state index in [0.29, 0.717) is 12.2 Å². The maximum absolute atomic E-state index is 9.55. The van der Waals surface area contributed by atoms with Crippen molar-refractivity contribution in [2.45, 2.75) is 6.54 Å². The van der Waals surface area contributed by atoms with Gasteiger partial charge >= 0.3 is 11.9 Å². The van der Waals surface area contributed by atoms with Gasteiger partial charge in [0.25, 0.3) is 0 Å². The highest BCUT2D eigenvalue weighted by atomic mass is 16.5. The molecular weight excluding hydrogens is 300 g/mol. The lowest BCUT2D eigenvalue weighted by atomic mass is 10.2. The molecule has 7 heteroatoms. The second-order valence-electron chi connectivity index (χ2n) is 4.85. The van der Waals surface area contributed by atoms with Gasteiger partial charge in [-0.1, -0.05) is 18.2 Å². The molecule has 1 heterocycles. The van der Waals surface area contributed by atoms with Gasteiger partial charge in [-0.15, -0.1) is 0 Å². The molecule has 0 aliphatic carbocycles. The van der Waals surface area contributed by atoms with E-state index < -0.39 is 11.9 Å². The van der Waals surface area contributed by atoms with Crippen LogP contribution < -0.4 is 10.1 Å². The highest BCUT2D eigenvalue weighted by molar-refractivity contribution is 5.89. The number of hydrogen-bond acceptors (Lipinski definition) is 5. The van der Waals surface area contributed by atoms with Crippen LogP contribution in [0.25, 0.3) is 0 Å². The first-order chi connectivity index (χ1) is 11.0. The van der Waals surface area contributed by atoms with Crippen LogP contribution in [-0.2, 0) is 16.1 Å². The fourth-order valence-corrected chi connectivity index (χ4v) is 2.09. The van der Waals surface area contributed by atoms with Crippen LogP contribution in [0.2, 0.25) is 0 Å². The Morgan fingerprint density at radius 1 is 1.17 bits per heavy atom. The van der Waals surface area contributed by atoms with Gasteiger partial charge in [0, 0.05) is 50.4 Å². The lowest BCUT2D eigenvalue weighted by Crippen LogP contribution is -2.42. The lowest BCUT2D eigenvalue weighted by Gasteiger charge is -2.27. The number of ether oxygens (including phenoxy) is 1. The van der Waals surface area contributed by atoms with Crippen molar-refractivity contribution in [1.29, 1.82) is 0 Å². The van der Waals surface area contributed by atoms with Crippen LogP contribution in [0.15, 0.2) is 36.4 Å². The first kappa shape index (κ1) is 18.7. The van der Waals surface area contributed by atoms with Crippen LogP contribution in [0.5, 0.6) is 5.75 Å². The van der Waals surface area contributed by atoms with Gasteiger partial charge in [0.15, 0.2) is 0 Å². The molecule has 0 aromatic heterocycles. The Bertz CT molecular complexity index is 523. The van der Waals surface area contributed by atoms with Gasteiger partial charge < -0.3 is 20.3 Å². The Labute approximate surface area is 135 Å². The summed E-state index contributed by atoms with van der Waals surface area (Å²) in [5, 5.41) is 19.0. The minimum atomic E-state index is -1.26. The van der Waals surface area contributed by atoms with Crippen molar-refractivity contribution in [2.24, 2.45) is 0 Å². The maximum Gasteiger partial charge on any atom is 0.328 e. The van der Waals surface area contributed by atoms with Crippen LogP contribution in [0.4, 0.5) is 0 Å². The molecule has 0 saturated carbocycles. The number of methoxy groups -OCH3 is 1. The van der Waals surface area contributed by atoms with Crippen LogP contribution >= 0.6 is 0 Å². The summed E-state index contributed by atoms with van der Waals surface area (Å²) in [4.78, 5) is 21.6. The number of carboxylic acid groups (broad SMARTS) is 2. The number of benzene rings is 1. The molecule has 0 spiro atoms. The van der Waals surface area contributed by atoms with Gasteiger partial charge in [0.05, 0.1) is 7.11 Å². The molecule has 0 bridgehead atoms. The molecule has 2 rings (SSSR count). The first-order valence-electron chi connectivity index (χ1n) is 7.22. The Kier molecular flexibility index (Phi) is 8.41. The van der Waals surface area contributed by atoms with E-state index in [-0.39, 0.29) is 0 Å². The summed E-state index contributed by atoms with van der Waals surface area (Å²) in [5.74, 6) is -1.52. The Morgan fingerprint density at radius 2 is 1.74 bits per heavy atom. The minimum absolute atomic E-state index is 0.558. The predicted molar refractivity (Wildman–Crippen MR) is 85.6 cm³/mol. The second-order valence-corrected chi connectivity index (χ2v) is 4.85. The number of carboxylic acids is 2. The third-order valence-corrected chi connectivity index (χ3v) is 3.16. The fourth-order valence-electron chi connectivity index (χ4n) is 2.09. The van der Waals surface area contributed by atoms with E-state index in [9.17, 15) is 9.59 Å². The molecule has 3 N–H and O–H groups in total. The van der Waals surface area contributed by atoms with E-state index in [1.165, 1.54) is 5.56 Å². The number of nitrogens with one attached hydrogen (secondary N) is 1. The van der Waals surface area contributed by atoms with Crippen LogP contribution in [-0.4, -0.2) is 60.3 Å². The van der Waals surface area contributed by atoms with Crippen LogP contribution in [0.3, 0.4) is 0 Å². The van der Waals surface area contributed by atoms with E-state index in [2.05, 4.69) is 22.3 Å². The third-order valence-electron chi connectivity index (χ3n) is 3.16. The Morgan fingerprint density at radius 3 is 2.26 bits per heavy atom. The van der Waals surface area contributed by atoms with Gasteiger partial charge in [0.2, 0.25) is 0 Å². The Balaban J connectivity index is 0.000000284. The molecule has 0 amide bonds. The predicted octanol–water partition coefficient (Wildman–Crippen LogP) is 0.812. The summed E-state index contributed by atoms with van der Waals surface area (Å²) in [7, 11) is 1.73. The van der Waals surface area contributed by atoms with E-state index in [0.717, 1.165) is 38.5 Å². The smallest absolute Gasteiger partial charge is 0.328 e. The van der Waals surface area contributed by atoms with Crippen LogP contribution in [0, 0.1) is 0 Å². The summed E-state index contributed by atoms with van der Waals surface area (Å²) >= 11 is 0. The molecule has 1 aliphatic heterocycles. The topological polar surface area (TPSA) is 99.1 Å². The molecule has 1 fully saturated rings. The maximum atomic E-state index is 9.55. The second kappa shape index (κ2) is 10.4. The molecule has 1 aromatic rings. The zero-order valence-electron chi connectivity index (χ0n) is 13.1. The fraction of sp³-hybridized carbons (Fsp3) is 0.375. The number of nitrogens with zero attached hydrogens (tertiary/aromatic N) is 1. The molecule has 7 nitrogen and oxygen atoms in total. The largest absolute Gasteiger partial charge is 0.496 e. The number of piperazine rings is 1. The van der Waals surface area contributed by atoms with Crippen molar-refractivity contribution in [2.75, 3.05) is 33.3 Å². The molecule has 126 valence electrons. The first-order valence-corrected chi connectivity index (χ1v) is 7.22. The average molecular weight is 322 g/mol. The van der Waals surface area contributed by atoms with Crippen molar-refractivity contribution in [3.8, 4) is 5.75 Å². The number of carbonyl (C=O) groups is 2. The van der Waals surface area contributed by atoms with Crippen LogP contribution in [0.1, 0.15) is 5.56 Å². The van der Waals surface area contributed by atoms with E-state index in [1.54, 1.807) is 7.11 Å². The molecule has 0 unspecified atom stereocenters. The van der Waals surface area contributed by atoms with E-state index in [1.807, 2.05) is 12.1 Å². The number of hydrogen-bond donors (Lipinski definition) is 3. The van der Waals surface area contributed by atoms with Crippen molar-refractivity contribution < 1.29 is 24.5 Å². The summed E-state index contributed by atoms with van der Waals surface area (Å²) in [6.45, 7) is 5.42. The molecular formula is C16H22N2O5. The quantitative estimate of drug-likeness (QED) is 0.690. The molecule has 23 heavy (non-hydrogen) atoms. The lowest BCUT2D eigenvalue weighted by molar-refractivity contribution is -0.134. The zero-order valence-corrected chi connectivity index (χ0v) is 13.1. The zero-order chi connectivity index (χ0) is 17.1. The summed E-state index contributed by atoms with van der Waals surface area (Å²) < 4.78 is 5.34. The van der Waals surface area contributed by atoms with Gasteiger partial charge in [-0.05, 0) is 6.07 Å². The normalized spacial score (nSPS) is 14.8. The summed E-state index contributed by atoms with van der Waals surface area (Å²) in [6.07, 6.45) is 1.12. The van der Waals surface area contributed by atoms with Gasteiger partial charge in [0.1, 0.15) is 5.75 Å². The number of aliphatic carboxylic acids is 2. The van der Waals surface area contributed by atoms with Crippen molar-refractivity contribution >= 4 is 11.9 Å². The van der Waals surface area contributed by atoms with E-state index in [4.69, 9.17) is 14.9 Å². The van der Waals surface area contributed by atoms with E-state index >= 15 is 0 Å². The van der Waals surface area contributed by atoms with Crippen molar-refractivity contribution in [3.63, 3.8) is 0 Å². The highest BCUT2D eigenvalue weighted by Gasteiger charge is 2.11. The SMILES string of the molecule is COc1ccccc1CN1CCNCC1.O=C(O)C=CC(=O)O. The number of rotatable bonds is 5. The molecule has 0 radical (unpaired) electrons. The monoisotopic (exact) mass is 322 g/mol. The summed E-state index contributed by atoms with van der Waals surface area (Å²) in [6, 6.07) is 8.25. The van der Waals surface area contributed by atoms with Crippen molar-refractivity contribution in [1.82, 2.24) is 10.2 Å². The molecule has 0 atom stereocenters. The minimum Gasteiger partial charge on any atom is -0.496 e.